The van der Waals surface area contributed by atoms with Crippen molar-refractivity contribution in [3.05, 3.63) is 30.1 Å². The number of rotatable bonds is 5. The van der Waals surface area contributed by atoms with Crippen molar-refractivity contribution >= 4 is 0 Å². The third-order valence-corrected chi connectivity index (χ3v) is 3.66. The van der Waals surface area contributed by atoms with Gasteiger partial charge in [-0.2, -0.15) is 0 Å². The molecule has 88 valence electrons. The van der Waals surface area contributed by atoms with Crippen LogP contribution in [-0.2, 0) is 6.42 Å². The SMILES string of the molecule is NC(CCc1ccncc1)CC1CCCC1. The monoisotopic (exact) mass is 218 g/mol. The fourth-order valence-corrected chi connectivity index (χ4v) is 2.69. The van der Waals surface area contributed by atoms with Crippen molar-refractivity contribution in [2.75, 3.05) is 0 Å². The average Bonchev–Trinajstić information content (AvgIpc) is 2.81. The summed E-state index contributed by atoms with van der Waals surface area (Å²) in [6.07, 6.45) is 12.8. The molecule has 0 aromatic carbocycles. The summed E-state index contributed by atoms with van der Waals surface area (Å²) in [7, 11) is 0. The van der Waals surface area contributed by atoms with Gasteiger partial charge in [0.25, 0.3) is 0 Å². The van der Waals surface area contributed by atoms with Gasteiger partial charge in [0.2, 0.25) is 0 Å². The van der Waals surface area contributed by atoms with Crippen LogP contribution < -0.4 is 5.73 Å². The molecule has 0 radical (unpaired) electrons. The molecule has 2 heteroatoms. The van der Waals surface area contributed by atoms with Crippen molar-refractivity contribution in [1.82, 2.24) is 4.98 Å². The molecule has 2 N–H and O–H groups in total. The quantitative estimate of drug-likeness (QED) is 0.825. The minimum absolute atomic E-state index is 0.385. The molecule has 2 nitrogen and oxygen atoms in total. The van der Waals surface area contributed by atoms with Gasteiger partial charge in [-0.25, -0.2) is 0 Å². The van der Waals surface area contributed by atoms with E-state index >= 15 is 0 Å². The van der Waals surface area contributed by atoms with Gasteiger partial charge in [-0.1, -0.05) is 25.7 Å². The Hall–Kier alpha value is -0.890. The Labute approximate surface area is 98.3 Å². The van der Waals surface area contributed by atoms with Gasteiger partial charge in [-0.3, -0.25) is 4.98 Å². The highest BCUT2D eigenvalue weighted by Gasteiger charge is 2.17. The number of pyridine rings is 1. The maximum absolute atomic E-state index is 6.19. The molecule has 16 heavy (non-hydrogen) atoms. The number of nitrogens with two attached hydrogens (primary N) is 1. The molecule has 1 heterocycles. The molecule has 1 aromatic rings. The molecule has 1 aliphatic carbocycles. The first-order valence-electron chi connectivity index (χ1n) is 6.49. The molecule has 1 atom stereocenters. The fraction of sp³-hybridized carbons (Fsp3) is 0.643. The largest absolute Gasteiger partial charge is 0.328 e. The van der Waals surface area contributed by atoms with E-state index in [1.54, 1.807) is 0 Å². The molecule has 0 saturated heterocycles. The summed E-state index contributed by atoms with van der Waals surface area (Å²) in [5.41, 5.74) is 7.54. The van der Waals surface area contributed by atoms with Crippen molar-refractivity contribution in [2.24, 2.45) is 11.7 Å². The molecule has 2 rings (SSSR count). The zero-order valence-electron chi connectivity index (χ0n) is 9.94. The van der Waals surface area contributed by atoms with Crippen molar-refractivity contribution in [1.29, 1.82) is 0 Å². The fourth-order valence-electron chi connectivity index (χ4n) is 2.69. The lowest BCUT2D eigenvalue weighted by Crippen LogP contribution is -2.23. The molecule has 1 saturated carbocycles. The van der Waals surface area contributed by atoms with E-state index in [1.165, 1.54) is 37.7 Å². The predicted octanol–water partition coefficient (Wildman–Crippen LogP) is 2.92. The second-order valence-corrected chi connectivity index (χ2v) is 5.04. The Kier molecular flexibility index (Phi) is 4.34. The number of aryl methyl sites for hydroxylation is 1. The van der Waals surface area contributed by atoms with E-state index in [4.69, 9.17) is 5.73 Å². The Balaban J connectivity index is 1.69. The Morgan fingerprint density at radius 1 is 1.25 bits per heavy atom. The number of hydrogen-bond acceptors (Lipinski definition) is 2. The first-order valence-corrected chi connectivity index (χ1v) is 6.49. The number of hydrogen-bond donors (Lipinski definition) is 1. The van der Waals surface area contributed by atoms with Gasteiger partial charge in [0.05, 0.1) is 0 Å². The number of nitrogens with zero attached hydrogens (tertiary/aromatic N) is 1. The van der Waals surface area contributed by atoms with Gasteiger partial charge in [0.15, 0.2) is 0 Å². The highest BCUT2D eigenvalue weighted by atomic mass is 14.6. The van der Waals surface area contributed by atoms with Crippen LogP contribution in [0.1, 0.15) is 44.1 Å². The maximum Gasteiger partial charge on any atom is 0.0270 e. The lowest BCUT2D eigenvalue weighted by Gasteiger charge is -2.16. The lowest BCUT2D eigenvalue weighted by atomic mass is 9.95. The Morgan fingerprint density at radius 2 is 1.94 bits per heavy atom. The predicted molar refractivity (Wildman–Crippen MR) is 67.1 cm³/mol. The minimum atomic E-state index is 0.385. The van der Waals surface area contributed by atoms with Crippen molar-refractivity contribution in [2.45, 2.75) is 51.0 Å². The van der Waals surface area contributed by atoms with Crippen LogP contribution in [0.4, 0.5) is 0 Å². The minimum Gasteiger partial charge on any atom is -0.328 e. The summed E-state index contributed by atoms with van der Waals surface area (Å²) in [4.78, 5) is 4.02. The summed E-state index contributed by atoms with van der Waals surface area (Å²) in [6, 6.07) is 4.56. The van der Waals surface area contributed by atoms with Gasteiger partial charge in [-0.15, -0.1) is 0 Å². The van der Waals surface area contributed by atoms with Crippen molar-refractivity contribution < 1.29 is 0 Å². The van der Waals surface area contributed by atoms with Gasteiger partial charge in [-0.05, 0) is 42.9 Å². The van der Waals surface area contributed by atoms with Gasteiger partial charge in [0, 0.05) is 18.4 Å². The Morgan fingerprint density at radius 3 is 2.62 bits per heavy atom. The third kappa shape index (κ3) is 3.60. The topological polar surface area (TPSA) is 38.9 Å². The van der Waals surface area contributed by atoms with Crippen molar-refractivity contribution in [3.63, 3.8) is 0 Å². The van der Waals surface area contributed by atoms with Crippen LogP contribution in [0.2, 0.25) is 0 Å². The molecule has 1 fully saturated rings. The molecular weight excluding hydrogens is 196 g/mol. The second kappa shape index (κ2) is 6.00. The van der Waals surface area contributed by atoms with Gasteiger partial charge >= 0.3 is 0 Å². The highest BCUT2D eigenvalue weighted by Crippen LogP contribution is 2.28. The van der Waals surface area contributed by atoms with Gasteiger partial charge in [0.1, 0.15) is 0 Å². The maximum atomic E-state index is 6.19. The van der Waals surface area contributed by atoms with Crippen LogP contribution in [0.5, 0.6) is 0 Å². The van der Waals surface area contributed by atoms with Crippen LogP contribution in [-0.4, -0.2) is 11.0 Å². The molecule has 0 amide bonds. The summed E-state index contributed by atoms with van der Waals surface area (Å²) < 4.78 is 0. The summed E-state index contributed by atoms with van der Waals surface area (Å²) in [6.45, 7) is 0. The number of aromatic nitrogens is 1. The summed E-state index contributed by atoms with van der Waals surface area (Å²) in [5.74, 6) is 0.910. The van der Waals surface area contributed by atoms with Crippen LogP contribution in [0.25, 0.3) is 0 Å². The molecule has 0 spiro atoms. The molecule has 0 aliphatic heterocycles. The smallest absolute Gasteiger partial charge is 0.0270 e. The Bertz CT molecular complexity index is 291. The van der Waals surface area contributed by atoms with Crippen LogP contribution in [0.15, 0.2) is 24.5 Å². The van der Waals surface area contributed by atoms with Crippen LogP contribution >= 0.6 is 0 Å². The van der Waals surface area contributed by atoms with Crippen LogP contribution in [0, 0.1) is 5.92 Å². The highest BCUT2D eigenvalue weighted by molar-refractivity contribution is 5.09. The van der Waals surface area contributed by atoms with E-state index in [9.17, 15) is 0 Å². The third-order valence-electron chi connectivity index (χ3n) is 3.66. The zero-order chi connectivity index (χ0) is 11.2. The first kappa shape index (κ1) is 11.6. The molecule has 1 aliphatic rings. The van der Waals surface area contributed by atoms with E-state index < -0.39 is 0 Å². The molecule has 1 unspecified atom stereocenters. The first-order chi connectivity index (χ1) is 7.84. The van der Waals surface area contributed by atoms with E-state index in [2.05, 4.69) is 17.1 Å². The van der Waals surface area contributed by atoms with E-state index in [1.807, 2.05) is 12.4 Å². The van der Waals surface area contributed by atoms with E-state index in [0.29, 0.717) is 6.04 Å². The molecular formula is C14H22N2. The normalized spacial score (nSPS) is 18.8. The lowest BCUT2D eigenvalue weighted by molar-refractivity contribution is 0.427. The molecule has 0 bridgehead atoms. The van der Waals surface area contributed by atoms with E-state index in [0.717, 1.165) is 18.8 Å². The second-order valence-electron chi connectivity index (χ2n) is 5.04. The summed E-state index contributed by atoms with van der Waals surface area (Å²) >= 11 is 0. The van der Waals surface area contributed by atoms with Crippen LogP contribution in [0.3, 0.4) is 0 Å². The zero-order valence-corrected chi connectivity index (χ0v) is 9.94. The summed E-state index contributed by atoms with van der Waals surface area (Å²) in [5, 5.41) is 0. The van der Waals surface area contributed by atoms with Gasteiger partial charge < -0.3 is 5.73 Å². The average molecular weight is 218 g/mol. The standard InChI is InChI=1S/C14H22N2/c15-14(11-13-3-1-2-4-13)6-5-12-7-9-16-10-8-12/h7-10,13-14H,1-6,11,15H2. The van der Waals surface area contributed by atoms with E-state index in [-0.39, 0.29) is 0 Å². The molecule has 1 aromatic heterocycles. The van der Waals surface area contributed by atoms with Crippen molar-refractivity contribution in [3.8, 4) is 0 Å².